The second kappa shape index (κ2) is 7.00. The van der Waals surface area contributed by atoms with Crippen LogP contribution in [0.3, 0.4) is 0 Å². The van der Waals surface area contributed by atoms with Gasteiger partial charge >= 0.3 is 5.97 Å². The number of carbonyl (C=O) groups is 2. The SMILES string of the molecule is O=C(NC1CCC(C(=O)O)CC1)c1ccn(-c2ccc(F)cc2F)n1. The molecule has 25 heavy (non-hydrogen) atoms. The van der Waals surface area contributed by atoms with Crippen molar-refractivity contribution in [1.29, 1.82) is 0 Å². The van der Waals surface area contributed by atoms with E-state index in [1.54, 1.807) is 0 Å². The minimum Gasteiger partial charge on any atom is -0.481 e. The Morgan fingerprint density at radius 2 is 1.88 bits per heavy atom. The molecule has 132 valence electrons. The lowest BCUT2D eigenvalue weighted by Gasteiger charge is -2.26. The number of halogens is 2. The van der Waals surface area contributed by atoms with E-state index in [2.05, 4.69) is 10.4 Å². The normalized spacial score (nSPS) is 20.2. The Labute approximate surface area is 142 Å². The van der Waals surface area contributed by atoms with Crippen LogP contribution < -0.4 is 5.32 Å². The van der Waals surface area contributed by atoms with E-state index < -0.39 is 23.5 Å². The van der Waals surface area contributed by atoms with E-state index in [0.29, 0.717) is 25.7 Å². The lowest BCUT2D eigenvalue weighted by Crippen LogP contribution is -2.38. The first-order valence-corrected chi connectivity index (χ1v) is 7.99. The number of benzene rings is 1. The van der Waals surface area contributed by atoms with E-state index in [4.69, 9.17) is 5.11 Å². The molecule has 0 unspecified atom stereocenters. The Balaban J connectivity index is 1.64. The summed E-state index contributed by atoms with van der Waals surface area (Å²) in [6, 6.07) is 4.45. The van der Waals surface area contributed by atoms with Crippen LogP contribution in [-0.4, -0.2) is 32.8 Å². The maximum atomic E-state index is 13.8. The fourth-order valence-electron chi connectivity index (χ4n) is 2.99. The molecule has 2 aromatic rings. The second-order valence-corrected chi connectivity index (χ2v) is 6.10. The highest BCUT2D eigenvalue weighted by molar-refractivity contribution is 5.92. The van der Waals surface area contributed by atoms with Crippen molar-refractivity contribution in [1.82, 2.24) is 15.1 Å². The number of rotatable bonds is 4. The highest BCUT2D eigenvalue weighted by Gasteiger charge is 2.27. The Bertz CT molecular complexity index is 798. The van der Waals surface area contributed by atoms with Crippen LogP contribution in [0, 0.1) is 17.6 Å². The van der Waals surface area contributed by atoms with Crippen molar-refractivity contribution in [2.45, 2.75) is 31.7 Å². The Morgan fingerprint density at radius 3 is 2.52 bits per heavy atom. The average molecular weight is 349 g/mol. The topological polar surface area (TPSA) is 84.2 Å². The summed E-state index contributed by atoms with van der Waals surface area (Å²) < 4.78 is 27.9. The predicted octanol–water partition coefficient (Wildman–Crippen LogP) is 2.52. The van der Waals surface area contributed by atoms with E-state index in [1.807, 2.05) is 0 Å². The highest BCUT2D eigenvalue weighted by Crippen LogP contribution is 2.24. The van der Waals surface area contributed by atoms with Crippen LogP contribution in [0.5, 0.6) is 0 Å². The number of hydrogen-bond acceptors (Lipinski definition) is 3. The third-order valence-electron chi connectivity index (χ3n) is 4.39. The van der Waals surface area contributed by atoms with Gasteiger partial charge in [-0.25, -0.2) is 13.5 Å². The maximum Gasteiger partial charge on any atom is 0.306 e. The first kappa shape index (κ1) is 17.1. The molecule has 0 radical (unpaired) electrons. The monoisotopic (exact) mass is 349 g/mol. The van der Waals surface area contributed by atoms with Gasteiger partial charge in [0.2, 0.25) is 0 Å². The van der Waals surface area contributed by atoms with Gasteiger partial charge in [-0.15, -0.1) is 0 Å². The summed E-state index contributed by atoms with van der Waals surface area (Å²) >= 11 is 0. The smallest absolute Gasteiger partial charge is 0.306 e. The summed E-state index contributed by atoms with van der Waals surface area (Å²) in [6.45, 7) is 0. The molecule has 1 fully saturated rings. The quantitative estimate of drug-likeness (QED) is 0.888. The third kappa shape index (κ3) is 3.84. The van der Waals surface area contributed by atoms with Crippen molar-refractivity contribution in [2.24, 2.45) is 5.92 Å². The predicted molar refractivity (Wildman–Crippen MR) is 84.3 cm³/mol. The van der Waals surface area contributed by atoms with Crippen molar-refractivity contribution < 1.29 is 23.5 Å². The van der Waals surface area contributed by atoms with Gasteiger partial charge in [0.05, 0.1) is 5.92 Å². The first-order chi connectivity index (χ1) is 11.9. The van der Waals surface area contributed by atoms with Gasteiger partial charge in [0, 0.05) is 18.3 Å². The largest absolute Gasteiger partial charge is 0.481 e. The van der Waals surface area contributed by atoms with Gasteiger partial charge in [0.25, 0.3) is 5.91 Å². The molecule has 0 atom stereocenters. The molecule has 1 heterocycles. The molecule has 1 amide bonds. The summed E-state index contributed by atoms with van der Waals surface area (Å²) in [7, 11) is 0. The lowest BCUT2D eigenvalue weighted by molar-refractivity contribution is -0.142. The summed E-state index contributed by atoms with van der Waals surface area (Å²) in [4.78, 5) is 23.2. The molecule has 3 rings (SSSR count). The first-order valence-electron chi connectivity index (χ1n) is 7.99. The van der Waals surface area contributed by atoms with Gasteiger partial charge in [-0.05, 0) is 43.9 Å². The Kier molecular flexibility index (Phi) is 4.78. The van der Waals surface area contributed by atoms with Crippen LogP contribution in [-0.2, 0) is 4.79 Å². The molecule has 0 bridgehead atoms. The maximum absolute atomic E-state index is 13.8. The molecule has 8 heteroatoms. The number of aliphatic carboxylic acids is 1. The average Bonchev–Trinajstić information content (AvgIpc) is 3.05. The molecule has 1 aromatic heterocycles. The van der Waals surface area contributed by atoms with Gasteiger partial charge in [-0.2, -0.15) is 5.10 Å². The number of amides is 1. The molecule has 1 aliphatic rings. The van der Waals surface area contributed by atoms with Crippen molar-refractivity contribution in [3.63, 3.8) is 0 Å². The number of carboxylic acid groups (broad SMARTS) is 1. The van der Waals surface area contributed by atoms with Crippen LogP contribution in [0.15, 0.2) is 30.5 Å². The molecule has 1 aliphatic carbocycles. The summed E-state index contributed by atoms with van der Waals surface area (Å²) in [6.07, 6.45) is 3.66. The lowest BCUT2D eigenvalue weighted by atomic mass is 9.86. The van der Waals surface area contributed by atoms with Gasteiger partial charge in [-0.3, -0.25) is 9.59 Å². The molecule has 0 saturated heterocycles. The number of carbonyl (C=O) groups excluding carboxylic acids is 1. The van der Waals surface area contributed by atoms with Crippen molar-refractivity contribution in [3.8, 4) is 5.69 Å². The van der Waals surface area contributed by atoms with Crippen LogP contribution in [0.25, 0.3) is 5.69 Å². The fraction of sp³-hybridized carbons (Fsp3) is 0.353. The number of carboxylic acids is 1. The molecule has 2 N–H and O–H groups in total. The minimum atomic E-state index is -0.801. The molecule has 0 aliphatic heterocycles. The summed E-state index contributed by atoms with van der Waals surface area (Å²) in [5, 5.41) is 15.8. The Morgan fingerprint density at radius 1 is 1.16 bits per heavy atom. The van der Waals surface area contributed by atoms with Crippen molar-refractivity contribution in [3.05, 3.63) is 47.8 Å². The molecular weight excluding hydrogens is 332 g/mol. The third-order valence-corrected chi connectivity index (χ3v) is 4.39. The van der Waals surface area contributed by atoms with Gasteiger partial charge in [0.1, 0.15) is 11.5 Å². The number of nitrogens with one attached hydrogen (secondary N) is 1. The van der Waals surface area contributed by atoms with E-state index in [1.165, 1.54) is 23.0 Å². The van der Waals surface area contributed by atoms with E-state index in [0.717, 1.165) is 12.1 Å². The van der Waals surface area contributed by atoms with E-state index >= 15 is 0 Å². The Hall–Kier alpha value is -2.77. The van der Waals surface area contributed by atoms with E-state index in [9.17, 15) is 18.4 Å². The van der Waals surface area contributed by atoms with Crippen LogP contribution in [0.1, 0.15) is 36.2 Å². The van der Waals surface area contributed by atoms with Crippen LogP contribution >= 0.6 is 0 Å². The van der Waals surface area contributed by atoms with Gasteiger partial charge in [0.15, 0.2) is 11.5 Å². The number of hydrogen-bond donors (Lipinski definition) is 2. The highest BCUT2D eigenvalue weighted by atomic mass is 19.1. The van der Waals surface area contributed by atoms with Crippen molar-refractivity contribution >= 4 is 11.9 Å². The zero-order chi connectivity index (χ0) is 18.0. The minimum absolute atomic E-state index is 0.0439. The van der Waals surface area contributed by atoms with Crippen molar-refractivity contribution in [2.75, 3.05) is 0 Å². The summed E-state index contributed by atoms with van der Waals surface area (Å²) in [5.74, 6) is -3.02. The van der Waals surface area contributed by atoms with Gasteiger partial charge in [-0.1, -0.05) is 0 Å². The number of nitrogens with zero attached hydrogens (tertiary/aromatic N) is 2. The van der Waals surface area contributed by atoms with Crippen LogP contribution in [0.4, 0.5) is 8.78 Å². The summed E-state index contributed by atoms with van der Waals surface area (Å²) in [5.41, 5.74) is 0.159. The zero-order valence-corrected chi connectivity index (χ0v) is 13.3. The molecule has 1 aromatic carbocycles. The van der Waals surface area contributed by atoms with Gasteiger partial charge < -0.3 is 10.4 Å². The molecule has 1 saturated carbocycles. The van der Waals surface area contributed by atoms with E-state index in [-0.39, 0.29) is 23.3 Å². The molecule has 6 nitrogen and oxygen atoms in total. The standard InChI is InChI=1S/C17H17F2N3O3/c18-11-3-6-15(13(19)9-11)22-8-7-14(21-22)16(23)20-12-4-1-10(2-5-12)17(24)25/h3,6-10,12H,1-2,4-5H2,(H,20,23)(H,24,25). The number of aromatic nitrogens is 2. The molecule has 0 spiro atoms. The second-order valence-electron chi connectivity index (χ2n) is 6.10. The fourth-order valence-corrected chi connectivity index (χ4v) is 2.99. The zero-order valence-electron chi connectivity index (χ0n) is 13.3. The molecular formula is C17H17F2N3O3. The van der Waals surface area contributed by atoms with Crippen LogP contribution in [0.2, 0.25) is 0 Å².